The molecule has 1 atom stereocenters. The number of sulfonamides is 1. The first-order valence-corrected chi connectivity index (χ1v) is 9.38. The summed E-state index contributed by atoms with van der Waals surface area (Å²) in [5.41, 5.74) is -0.0774. The molecule has 0 aromatic heterocycles. The quantitative estimate of drug-likeness (QED) is 0.799. The van der Waals surface area contributed by atoms with Gasteiger partial charge in [-0.05, 0) is 26.1 Å². The average Bonchev–Trinajstić information content (AvgIpc) is 2.49. The number of nitrogens with zero attached hydrogens (tertiary/aromatic N) is 3. The number of piperazine rings is 1. The zero-order valence-electron chi connectivity index (χ0n) is 13.9. The molecule has 1 amide bonds. The summed E-state index contributed by atoms with van der Waals surface area (Å²) in [6.45, 7) is 3.83. The van der Waals surface area contributed by atoms with Crippen LogP contribution in [-0.4, -0.2) is 69.6 Å². The number of carbonyl (C=O) groups is 1. The van der Waals surface area contributed by atoms with Crippen LogP contribution in [0.5, 0.6) is 0 Å². The van der Waals surface area contributed by atoms with E-state index in [4.69, 9.17) is 0 Å². The van der Waals surface area contributed by atoms with Gasteiger partial charge in [-0.25, -0.2) is 17.2 Å². The first-order valence-electron chi connectivity index (χ1n) is 7.53. The zero-order valence-corrected chi connectivity index (χ0v) is 14.7. The van der Waals surface area contributed by atoms with Crippen LogP contribution in [0.1, 0.15) is 6.92 Å². The number of anilines is 1. The fraction of sp³-hybridized carbons (Fsp3) is 0.533. The summed E-state index contributed by atoms with van der Waals surface area (Å²) in [7, 11) is -1.92. The second-order valence-electron chi connectivity index (χ2n) is 5.96. The molecule has 24 heavy (non-hydrogen) atoms. The van der Waals surface area contributed by atoms with E-state index in [0.29, 0.717) is 26.2 Å². The Morgan fingerprint density at radius 3 is 2.25 bits per heavy atom. The number of halogens is 2. The Bertz CT molecular complexity index is 719. The first kappa shape index (κ1) is 18.6. The highest BCUT2D eigenvalue weighted by Crippen LogP contribution is 2.24. The number of amides is 1. The minimum Gasteiger partial charge on any atom is -0.338 e. The Morgan fingerprint density at radius 1 is 1.17 bits per heavy atom. The molecule has 1 aliphatic heterocycles. The average molecular weight is 361 g/mol. The topological polar surface area (TPSA) is 60.9 Å². The standard InChI is InChI=1S/C15H21F2N3O3S/c1-11(15(21)19-8-6-18(2)7-9-19)20(24(3,22)23)12-4-5-13(16)14(17)10-12/h4-5,10-11H,6-9H2,1-3H3/t11-/m0/s1. The van der Waals surface area contributed by atoms with E-state index in [1.54, 1.807) is 4.90 Å². The van der Waals surface area contributed by atoms with Crippen LogP contribution < -0.4 is 4.31 Å². The molecule has 1 aromatic carbocycles. The molecule has 0 aliphatic carbocycles. The molecule has 134 valence electrons. The summed E-state index contributed by atoms with van der Waals surface area (Å²) in [6.07, 6.45) is 0.933. The van der Waals surface area contributed by atoms with Crippen molar-refractivity contribution in [3.05, 3.63) is 29.8 Å². The Kier molecular flexibility index (Phi) is 5.44. The van der Waals surface area contributed by atoms with Gasteiger partial charge in [0, 0.05) is 32.2 Å². The molecule has 2 rings (SSSR count). The number of rotatable bonds is 4. The Hall–Kier alpha value is -1.74. The summed E-state index contributed by atoms with van der Waals surface area (Å²) >= 11 is 0. The molecule has 9 heteroatoms. The van der Waals surface area contributed by atoms with Crippen LogP contribution >= 0.6 is 0 Å². The largest absolute Gasteiger partial charge is 0.338 e. The second kappa shape index (κ2) is 7.02. The summed E-state index contributed by atoms with van der Waals surface area (Å²) in [5, 5.41) is 0. The van der Waals surface area contributed by atoms with Crippen LogP contribution in [0.15, 0.2) is 18.2 Å². The molecule has 1 heterocycles. The Morgan fingerprint density at radius 2 is 1.75 bits per heavy atom. The molecule has 0 bridgehead atoms. The molecule has 1 aromatic rings. The minimum absolute atomic E-state index is 0.0774. The molecule has 0 spiro atoms. The third-order valence-electron chi connectivity index (χ3n) is 4.04. The lowest BCUT2D eigenvalue weighted by molar-refractivity contribution is -0.133. The maximum atomic E-state index is 13.5. The summed E-state index contributed by atoms with van der Waals surface area (Å²) in [5.74, 6) is -2.61. The van der Waals surface area contributed by atoms with Crippen LogP contribution in [0.25, 0.3) is 0 Å². The first-order chi connectivity index (χ1) is 11.1. The molecular formula is C15H21F2N3O3S. The van der Waals surface area contributed by atoms with E-state index in [-0.39, 0.29) is 11.6 Å². The van der Waals surface area contributed by atoms with Crippen molar-refractivity contribution in [3.8, 4) is 0 Å². The van der Waals surface area contributed by atoms with Gasteiger partial charge in [0.15, 0.2) is 11.6 Å². The van der Waals surface area contributed by atoms with Gasteiger partial charge < -0.3 is 9.80 Å². The summed E-state index contributed by atoms with van der Waals surface area (Å²) in [4.78, 5) is 16.3. The summed E-state index contributed by atoms with van der Waals surface area (Å²) < 4.78 is 51.7. The van der Waals surface area contributed by atoms with Crippen molar-refractivity contribution in [1.29, 1.82) is 0 Å². The van der Waals surface area contributed by atoms with Gasteiger partial charge in [-0.15, -0.1) is 0 Å². The van der Waals surface area contributed by atoms with E-state index in [2.05, 4.69) is 4.90 Å². The normalized spacial score (nSPS) is 17.6. The van der Waals surface area contributed by atoms with E-state index in [1.807, 2.05) is 7.05 Å². The lowest BCUT2D eigenvalue weighted by Gasteiger charge is -2.36. The SMILES string of the molecule is C[C@@H](C(=O)N1CCN(C)CC1)N(c1ccc(F)c(F)c1)S(C)(=O)=O. The highest BCUT2D eigenvalue weighted by molar-refractivity contribution is 7.92. The van der Waals surface area contributed by atoms with Gasteiger partial charge in [-0.2, -0.15) is 0 Å². The van der Waals surface area contributed by atoms with Crippen molar-refractivity contribution in [2.45, 2.75) is 13.0 Å². The van der Waals surface area contributed by atoms with Gasteiger partial charge in [-0.3, -0.25) is 9.10 Å². The number of hydrogen-bond acceptors (Lipinski definition) is 4. The van der Waals surface area contributed by atoms with Crippen LogP contribution in [0.4, 0.5) is 14.5 Å². The van der Waals surface area contributed by atoms with E-state index in [0.717, 1.165) is 28.8 Å². The van der Waals surface area contributed by atoms with Gasteiger partial charge in [0.25, 0.3) is 0 Å². The lowest BCUT2D eigenvalue weighted by Crippen LogP contribution is -2.54. The van der Waals surface area contributed by atoms with E-state index in [1.165, 1.54) is 6.92 Å². The molecule has 0 N–H and O–H groups in total. The van der Waals surface area contributed by atoms with E-state index < -0.39 is 27.7 Å². The van der Waals surface area contributed by atoms with Crippen molar-refractivity contribution in [2.24, 2.45) is 0 Å². The van der Waals surface area contributed by atoms with Crippen molar-refractivity contribution in [1.82, 2.24) is 9.80 Å². The smallest absolute Gasteiger partial charge is 0.246 e. The zero-order chi connectivity index (χ0) is 18.1. The molecule has 1 saturated heterocycles. The van der Waals surface area contributed by atoms with E-state index >= 15 is 0 Å². The van der Waals surface area contributed by atoms with Crippen molar-refractivity contribution in [3.63, 3.8) is 0 Å². The molecule has 1 aliphatic rings. The predicted octanol–water partition coefficient (Wildman–Crippen LogP) is 0.893. The van der Waals surface area contributed by atoms with Crippen molar-refractivity contribution in [2.75, 3.05) is 43.8 Å². The third kappa shape index (κ3) is 4.02. The molecule has 0 unspecified atom stereocenters. The monoisotopic (exact) mass is 361 g/mol. The van der Waals surface area contributed by atoms with Gasteiger partial charge in [0.1, 0.15) is 6.04 Å². The number of hydrogen-bond donors (Lipinski definition) is 0. The Labute approximate surface area is 140 Å². The molecule has 6 nitrogen and oxygen atoms in total. The van der Waals surface area contributed by atoms with Crippen molar-refractivity contribution >= 4 is 21.6 Å². The van der Waals surface area contributed by atoms with Gasteiger partial charge in [-0.1, -0.05) is 0 Å². The van der Waals surface area contributed by atoms with Gasteiger partial charge in [0.2, 0.25) is 15.9 Å². The highest BCUT2D eigenvalue weighted by atomic mass is 32.2. The maximum Gasteiger partial charge on any atom is 0.246 e. The fourth-order valence-corrected chi connectivity index (χ4v) is 3.88. The molecular weight excluding hydrogens is 340 g/mol. The lowest BCUT2D eigenvalue weighted by atomic mass is 10.2. The van der Waals surface area contributed by atoms with Crippen LogP contribution in [-0.2, 0) is 14.8 Å². The van der Waals surface area contributed by atoms with Crippen LogP contribution in [0.3, 0.4) is 0 Å². The number of carbonyl (C=O) groups excluding carboxylic acids is 1. The van der Waals surface area contributed by atoms with E-state index in [9.17, 15) is 22.0 Å². The number of benzene rings is 1. The Balaban J connectivity index is 2.30. The second-order valence-corrected chi connectivity index (χ2v) is 7.82. The van der Waals surface area contributed by atoms with Gasteiger partial charge >= 0.3 is 0 Å². The highest BCUT2D eigenvalue weighted by Gasteiger charge is 2.33. The third-order valence-corrected chi connectivity index (χ3v) is 5.28. The molecule has 0 radical (unpaired) electrons. The number of likely N-dealkylation sites (N-methyl/N-ethyl adjacent to an activating group) is 1. The predicted molar refractivity (Wildman–Crippen MR) is 87.2 cm³/mol. The van der Waals surface area contributed by atoms with Crippen molar-refractivity contribution < 1.29 is 22.0 Å². The maximum absolute atomic E-state index is 13.5. The van der Waals surface area contributed by atoms with Gasteiger partial charge in [0.05, 0.1) is 11.9 Å². The van der Waals surface area contributed by atoms with Crippen LogP contribution in [0, 0.1) is 11.6 Å². The minimum atomic E-state index is -3.85. The molecule has 0 saturated carbocycles. The molecule has 1 fully saturated rings. The van der Waals surface area contributed by atoms with Crippen LogP contribution in [0.2, 0.25) is 0 Å². The fourth-order valence-electron chi connectivity index (χ4n) is 2.72. The summed E-state index contributed by atoms with van der Waals surface area (Å²) in [6, 6.07) is 1.72.